The van der Waals surface area contributed by atoms with Crippen LogP contribution in [-0.2, 0) is 4.79 Å². The summed E-state index contributed by atoms with van der Waals surface area (Å²) in [6.45, 7) is 3.10. The molecule has 1 aromatic rings. The summed E-state index contributed by atoms with van der Waals surface area (Å²) in [5.41, 5.74) is -0.406. The molecular weight excluding hydrogens is 350 g/mol. The second kappa shape index (κ2) is 7.11. The number of imide groups is 2. The quantitative estimate of drug-likeness (QED) is 0.551. The molecule has 1 aromatic carbocycles. The zero-order valence-electron chi connectivity index (χ0n) is 15.4. The first-order valence-electron chi connectivity index (χ1n) is 9.06. The third kappa shape index (κ3) is 3.32. The van der Waals surface area contributed by atoms with E-state index in [1.807, 2.05) is 6.92 Å². The van der Waals surface area contributed by atoms with Crippen molar-refractivity contribution in [3.05, 3.63) is 35.4 Å². The molecule has 1 fully saturated rings. The van der Waals surface area contributed by atoms with E-state index in [0.29, 0.717) is 6.42 Å². The first-order valence-corrected chi connectivity index (χ1v) is 9.06. The van der Waals surface area contributed by atoms with Gasteiger partial charge in [-0.15, -0.1) is 0 Å². The van der Waals surface area contributed by atoms with Gasteiger partial charge in [0.15, 0.2) is 0 Å². The van der Waals surface area contributed by atoms with Gasteiger partial charge < -0.3 is 10.4 Å². The number of aliphatic hydroxyl groups is 1. The van der Waals surface area contributed by atoms with Crippen LogP contribution in [0.3, 0.4) is 0 Å². The maximum absolute atomic E-state index is 12.6. The summed E-state index contributed by atoms with van der Waals surface area (Å²) in [4.78, 5) is 51.4. The van der Waals surface area contributed by atoms with Crippen molar-refractivity contribution in [2.75, 3.05) is 13.1 Å². The number of amides is 5. The van der Waals surface area contributed by atoms with Gasteiger partial charge in [0.05, 0.1) is 30.3 Å². The minimum absolute atomic E-state index is 0.278. The fraction of sp³-hybridized carbons (Fsp3) is 0.474. The normalized spacial score (nSPS) is 23.1. The Labute approximate surface area is 157 Å². The Morgan fingerprint density at radius 2 is 1.59 bits per heavy atom. The van der Waals surface area contributed by atoms with Crippen LogP contribution >= 0.6 is 0 Å². The van der Waals surface area contributed by atoms with E-state index >= 15 is 0 Å². The number of rotatable bonds is 7. The Balaban J connectivity index is 1.66. The second-order valence-electron chi connectivity index (χ2n) is 7.20. The molecule has 144 valence electrons. The number of fused-ring (bicyclic) bond motifs is 1. The maximum atomic E-state index is 12.6. The van der Waals surface area contributed by atoms with Crippen LogP contribution in [0.25, 0.3) is 0 Å². The number of unbranched alkanes of at least 4 members (excludes halogenated alkanes) is 1. The standard InChI is InChI=1S/C19H23N3O5/c1-3-4-9-19(2)17(26)22(18(27)20-19)11-12(23)10-21-15(24)13-7-5-6-8-14(13)16(21)25/h5-8,12,23H,3-4,9-11H2,1-2H3,(H,20,27)/t12-,19-/m0/s1. The lowest BCUT2D eigenvalue weighted by Gasteiger charge is -2.24. The van der Waals surface area contributed by atoms with Crippen LogP contribution < -0.4 is 5.32 Å². The number of nitrogens with one attached hydrogen (secondary N) is 1. The molecular formula is C19H23N3O5. The molecule has 27 heavy (non-hydrogen) atoms. The van der Waals surface area contributed by atoms with Crippen molar-refractivity contribution in [1.82, 2.24) is 15.1 Å². The van der Waals surface area contributed by atoms with E-state index in [4.69, 9.17) is 0 Å². The zero-order valence-corrected chi connectivity index (χ0v) is 15.4. The molecule has 1 saturated heterocycles. The highest BCUT2D eigenvalue weighted by atomic mass is 16.3. The Morgan fingerprint density at radius 1 is 1.04 bits per heavy atom. The molecule has 2 atom stereocenters. The molecule has 5 amide bonds. The average Bonchev–Trinajstić information content (AvgIpc) is 3.00. The highest BCUT2D eigenvalue weighted by Gasteiger charge is 2.48. The van der Waals surface area contributed by atoms with Crippen LogP contribution in [0.2, 0.25) is 0 Å². The molecule has 2 N–H and O–H groups in total. The molecule has 2 heterocycles. The molecule has 0 bridgehead atoms. The van der Waals surface area contributed by atoms with E-state index in [0.717, 1.165) is 22.6 Å². The lowest BCUT2D eigenvalue weighted by molar-refractivity contribution is -0.132. The molecule has 8 heteroatoms. The van der Waals surface area contributed by atoms with Crippen LogP contribution in [0.1, 0.15) is 53.8 Å². The Hall–Kier alpha value is -2.74. The summed E-state index contributed by atoms with van der Waals surface area (Å²) >= 11 is 0. The molecule has 3 rings (SSSR count). The lowest BCUT2D eigenvalue weighted by Crippen LogP contribution is -2.46. The molecule has 0 saturated carbocycles. The molecule has 2 aliphatic heterocycles. The Morgan fingerprint density at radius 3 is 2.15 bits per heavy atom. The molecule has 0 radical (unpaired) electrons. The SMILES string of the molecule is CCCC[C@]1(C)NC(=O)N(C[C@@H](O)CN2C(=O)c3ccccc3C2=O)C1=O. The predicted molar refractivity (Wildman–Crippen MR) is 96.0 cm³/mol. The predicted octanol–water partition coefficient (Wildman–Crippen LogP) is 1.14. The van der Waals surface area contributed by atoms with Crippen LogP contribution in [0.4, 0.5) is 4.79 Å². The highest BCUT2D eigenvalue weighted by molar-refractivity contribution is 6.21. The topological polar surface area (TPSA) is 107 Å². The fourth-order valence-electron chi connectivity index (χ4n) is 3.50. The van der Waals surface area contributed by atoms with Gasteiger partial charge in [-0.3, -0.25) is 24.2 Å². The summed E-state index contributed by atoms with van der Waals surface area (Å²) in [5, 5.41) is 13.0. The Bertz CT molecular complexity index is 773. The number of benzene rings is 1. The van der Waals surface area contributed by atoms with E-state index in [9.17, 15) is 24.3 Å². The number of carbonyl (C=O) groups excluding carboxylic acids is 4. The van der Waals surface area contributed by atoms with Gasteiger partial charge >= 0.3 is 6.03 Å². The van der Waals surface area contributed by atoms with Gasteiger partial charge in [-0.1, -0.05) is 31.9 Å². The highest BCUT2D eigenvalue weighted by Crippen LogP contribution is 2.25. The molecule has 8 nitrogen and oxygen atoms in total. The third-order valence-corrected chi connectivity index (χ3v) is 5.04. The number of hydrogen-bond acceptors (Lipinski definition) is 5. The van der Waals surface area contributed by atoms with E-state index in [1.165, 1.54) is 0 Å². The molecule has 2 aliphatic rings. The molecule has 0 aliphatic carbocycles. The summed E-state index contributed by atoms with van der Waals surface area (Å²) in [6, 6.07) is 5.86. The smallest absolute Gasteiger partial charge is 0.325 e. The van der Waals surface area contributed by atoms with Gasteiger partial charge in [0.2, 0.25) is 0 Å². The summed E-state index contributed by atoms with van der Waals surface area (Å²) in [6.07, 6.45) is 0.962. The molecule has 0 spiro atoms. The first kappa shape index (κ1) is 19.0. The van der Waals surface area contributed by atoms with Crippen LogP contribution in [0, 0.1) is 0 Å². The fourth-order valence-corrected chi connectivity index (χ4v) is 3.50. The van der Waals surface area contributed by atoms with Crippen molar-refractivity contribution >= 4 is 23.8 Å². The van der Waals surface area contributed by atoms with Gasteiger partial charge in [-0.2, -0.15) is 0 Å². The van der Waals surface area contributed by atoms with Crippen molar-refractivity contribution in [2.45, 2.75) is 44.8 Å². The van der Waals surface area contributed by atoms with E-state index in [-0.39, 0.29) is 24.2 Å². The van der Waals surface area contributed by atoms with Gasteiger partial charge in [0, 0.05) is 0 Å². The van der Waals surface area contributed by atoms with Crippen LogP contribution in [0.5, 0.6) is 0 Å². The van der Waals surface area contributed by atoms with Crippen molar-refractivity contribution in [3.8, 4) is 0 Å². The van der Waals surface area contributed by atoms with Gasteiger partial charge in [0.25, 0.3) is 17.7 Å². The minimum Gasteiger partial charge on any atom is -0.389 e. The van der Waals surface area contributed by atoms with Gasteiger partial charge in [-0.25, -0.2) is 4.79 Å². The van der Waals surface area contributed by atoms with E-state index < -0.39 is 35.4 Å². The summed E-state index contributed by atoms with van der Waals surface area (Å²) in [7, 11) is 0. The van der Waals surface area contributed by atoms with Crippen molar-refractivity contribution in [2.24, 2.45) is 0 Å². The average molecular weight is 373 g/mol. The molecule has 0 aromatic heterocycles. The van der Waals surface area contributed by atoms with Crippen molar-refractivity contribution in [1.29, 1.82) is 0 Å². The molecule has 0 unspecified atom stereocenters. The third-order valence-electron chi connectivity index (χ3n) is 5.04. The summed E-state index contributed by atoms with van der Waals surface area (Å²) in [5.74, 6) is -1.37. The summed E-state index contributed by atoms with van der Waals surface area (Å²) < 4.78 is 0. The monoisotopic (exact) mass is 373 g/mol. The number of aliphatic hydroxyl groups excluding tert-OH is 1. The number of β-amino-alcohol motifs (C(OH)–C–C–N with tert-alkyl or cyclic N) is 1. The van der Waals surface area contributed by atoms with E-state index in [1.54, 1.807) is 31.2 Å². The van der Waals surface area contributed by atoms with Crippen molar-refractivity contribution in [3.63, 3.8) is 0 Å². The van der Waals surface area contributed by atoms with Gasteiger partial charge in [0.1, 0.15) is 5.54 Å². The van der Waals surface area contributed by atoms with Crippen LogP contribution in [0.15, 0.2) is 24.3 Å². The van der Waals surface area contributed by atoms with Crippen LogP contribution in [-0.4, -0.2) is 63.4 Å². The minimum atomic E-state index is -1.23. The van der Waals surface area contributed by atoms with Crippen molar-refractivity contribution < 1.29 is 24.3 Å². The zero-order chi connectivity index (χ0) is 19.8. The maximum Gasteiger partial charge on any atom is 0.325 e. The number of hydrogen-bond donors (Lipinski definition) is 2. The Kier molecular flexibility index (Phi) is 5.01. The van der Waals surface area contributed by atoms with E-state index in [2.05, 4.69) is 5.32 Å². The number of carbonyl (C=O) groups is 4. The lowest BCUT2D eigenvalue weighted by atomic mass is 9.95. The number of urea groups is 1. The second-order valence-corrected chi connectivity index (χ2v) is 7.20. The largest absolute Gasteiger partial charge is 0.389 e. The number of nitrogens with zero attached hydrogens (tertiary/aromatic N) is 2. The van der Waals surface area contributed by atoms with Gasteiger partial charge in [-0.05, 0) is 25.5 Å². The first-order chi connectivity index (χ1) is 12.8.